The number of hydrogen-bond donors (Lipinski definition) is 1. The lowest BCUT2D eigenvalue weighted by molar-refractivity contribution is -0.139. The lowest BCUT2D eigenvalue weighted by Crippen LogP contribution is -2.49. The number of sulfone groups is 1. The maximum atomic E-state index is 14.2. The van der Waals surface area contributed by atoms with Gasteiger partial charge < -0.3 is 0 Å². The molecule has 5 nitrogen and oxygen atoms in total. The second kappa shape index (κ2) is 9.66. The minimum Gasteiger partial charge on any atom is -0.223 e. The smallest absolute Gasteiger partial charge is 0.223 e. The van der Waals surface area contributed by atoms with Gasteiger partial charge in [0, 0.05) is 6.04 Å². The van der Waals surface area contributed by atoms with Crippen molar-refractivity contribution in [2.24, 2.45) is 0 Å². The summed E-state index contributed by atoms with van der Waals surface area (Å²) >= 11 is 0. The zero-order chi connectivity index (χ0) is 28.9. The van der Waals surface area contributed by atoms with Crippen LogP contribution in [0.4, 0.5) is 43.9 Å². The van der Waals surface area contributed by atoms with Crippen LogP contribution in [0.25, 0.3) is 0 Å². The molecule has 17 heteroatoms. The third kappa shape index (κ3) is 5.64. The molecule has 0 heterocycles. The van der Waals surface area contributed by atoms with E-state index in [-0.39, 0.29) is 6.07 Å². The van der Waals surface area contributed by atoms with Gasteiger partial charge in [-0.2, -0.15) is 39.5 Å². The fraction of sp³-hybridized carbons (Fsp3) is 0.429. The van der Waals surface area contributed by atoms with Gasteiger partial charge in [0.1, 0.15) is 10.6 Å². The number of nitrogens with one attached hydrogen (secondary N) is 1. The fourth-order valence-electron chi connectivity index (χ4n) is 4.36. The van der Waals surface area contributed by atoms with Crippen LogP contribution in [0.15, 0.2) is 47.4 Å². The molecule has 2 aromatic rings. The minimum atomic E-state index is -5.89. The molecule has 1 N–H and O–H groups in total. The summed E-state index contributed by atoms with van der Waals surface area (Å²) in [6.07, 6.45) is -13.4. The molecule has 0 aromatic heterocycles. The predicted octanol–water partition coefficient (Wildman–Crippen LogP) is 5.91. The number of sulfonamides is 1. The van der Waals surface area contributed by atoms with Gasteiger partial charge in [0.2, 0.25) is 0 Å². The van der Waals surface area contributed by atoms with Gasteiger partial charge in [-0.15, -0.1) is 0 Å². The Morgan fingerprint density at radius 2 is 1.29 bits per heavy atom. The lowest BCUT2D eigenvalue weighted by atomic mass is 9.79. The molecule has 2 aromatic carbocycles. The molecule has 1 aliphatic carbocycles. The summed E-state index contributed by atoms with van der Waals surface area (Å²) in [7, 11) is -11.0. The van der Waals surface area contributed by atoms with Crippen LogP contribution in [-0.2, 0) is 37.0 Å². The summed E-state index contributed by atoms with van der Waals surface area (Å²) in [6.45, 7) is 0. The van der Waals surface area contributed by atoms with Crippen molar-refractivity contribution < 1.29 is 60.7 Å². The first-order valence-corrected chi connectivity index (χ1v) is 13.5. The van der Waals surface area contributed by atoms with Crippen LogP contribution >= 0.6 is 0 Å². The van der Waals surface area contributed by atoms with Gasteiger partial charge in [0.05, 0.1) is 16.0 Å². The second-order valence-corrected chi connectivity index (χ2v) is 12.5. The summed E-state index contributed by atoms with van der Waals surface area (Å²) < 4.78 is 182. The molecule has 0 saturated heterocycles. The lowest BCUT2D eigenvalue weighted by Gasteiger charge is -2.41. The van der Waals surface area contributed by atoms with Crippen LogP contribution in [0, 0.1) is 5.82 Å². The van der Waals surface area contributed by atoms with Crippen LogP contribution in [0.5, 0.6) is 0 Å². The Labute approximate surface area is 209 Å². The Kier molecular flexibility index (Phi) is 7.66. The molecule has 0 unspecified atom stereocenters. The van der Waals surface area contributed by atoms with Crippen LogP contribution in [0.2, 0.25) is 0 Å². The quantitative estimate of drug-likeness (QED) is 0.432. The number of rotatable bonds is 5. The van der Waals surface area contributed by atoms with Gasteiger partial charge in [-0.25, -0.2) is 25.9 Å². The Bertz CT molecular complexity index is 1390. The molecule has 0 radical (unpaired) electrons. The highest BCUT2D eigenvalue weighted by atomic mass is 32.2. The monoisotopic (exact) mass is 601 g/mol. The van der Waals surface area contributed by atoms with Crippen LogP contribution in [0.3, 0.4) is 0 Å². The Morgan fingerprint density at radius 3 is 1.74 bits per heavy atom. The Balaban J connectivity index is 2.16. The Hall–Kier alpha value is -2.40. The van der Waals surface area contributed by atoms with Gasteiger partial charge in [0.15, 0.2) is 9.84 Å². The van der Waals surface area contributed by atoms with Crippen molar-refractivity contribution in [1.82, 2.24) is 4.72 Å². The molecule has 0 spiro atoms. The largest absolute Gasteiger partial charge is 0.511 e. The average molecular weight is 601 g/mol. The minimum absolute atomic E-state index is 0.271. The number of halogens is 10. The van der Waals surface area contributed by atoms with Gasteiger partial charge >= 0.3 is 27.9 Å². The van der Waals surface area contributed by atoms with E-state index in [4.69, 9.17) is 0 Å². The van der Waals surface area contributed by atoms with Gasteiger partial charge in [-0.3, -0.25) is 0 Å². The van der Waals surface area contributed by atoms with Crippen molar-refractivity contribution in [3.63, 3.8) is 0 Å². The van der Waals surface area contributed by atoms with E-state index in [1.165, 1.54) is 4.72 Å². The van der Waals surface area contributed by atoms with E-state index in [1.54, 1.807) is 0 Å². The summed E-state index contributed by atoms with van der Waals surface area (Å²) in [6, 6.07) is 1.20. The topological polar surface area (TPSA) is 80.3 Å². The third-order valence-electron chi connectivity index (χ3n) is 6.20. The normalized spacial score (nSPS) is 21.9. The first kappa shape index (κ1) is 30.1. The second-order valence-electron chi connectivity index (χ2n) is 8.55. The van der Waals surface area contributed by atoms with Crippen molar-refractivity contribution in [2.45, 2.75) is 59.2 Å². The van der Waals surface area contributed by atoms with Crippen LogP contribution < -0.4 is 4.72 Å². The molecule has 1 aliphatic rings. The van der Waals surface area contributed by atoms with Crippen molar-refractivity contribution >= 4 is 19.9 Å². The van der Waals surface area contributed by atoms with Gasteiger partial charge in [0.25, 0.3) is 0 Å². The van der Waals surface area contributed by atoms with E-state index in [2.05, 4.69) is 0 Å². The van der Waals surface area contributed by atoms with E-state index in [0.717, 1.165) is 0 Å². The molecule has 1 saturated carbocycles. The van der Waals surface area contributed by atoms with E-state index in [0.29, 0.717) is 36.4 Å². The van der Waals surface area contributed by atoms with E-state index in [9.17, 15) is 60.7 Å². The molecule has 3 rings (SSSR count). The molecule has 38 heavy (non-hydrogen) atoms. The summed E-state index contributed by atoms with van der Waals surface area (Å²) in [5.74, 6) is -1.28. The maximum absolute atomic E-state index is 14.2. The summed E-state index contributed by atoms with van der Waals surface area (Å²) in [4.78, 5) is -0.850. The zero-order valence-corrected chi connectivity index (χ0v) is 20.3. The van der Waals surface area contributed by atoms with Crippen molar-refractivity contribution in [3.8, 4) is 0 Å². The molecule has 0 bridgehead atoms. The molecule has 0 aliphatic heterocycles. The first-order chi connectivity index (χ1) is 17.1. The first-order valence-electron chi connectivity index (χ1n) is 10.5. The van der Waals surface area contributed by atoms with Crippen molar-refractivity contribution in [1.29, 1.82) is 0 Å². The number of hydrogen-bond acceptors (Lipinski definition) is 4. The molecule has 0 amide bonds. The van der Waals surface area contributed by atoms with E-state index < -0.39 is 102 Å². The maximum Gasteiger partial charge on any atom is 0.511 e. The highest BCUT2D eigenvalue weighted by Crippen LogP contribution is 2.51. The summed E-state index contributed by atoms with van der Waals surface area (Å²) in [5.41, 5.74) is -9.66. The Morgan fingerprint density at radius 1 is 0.763 bits per heavy atom. The predicted molar refractivity (Wildman–Crippen MR) is 112 cm³/mol. The highest BCUT2D eigenvalue weighted by Gasteiger charge is 2.54. The van der Waals surface area contributed by atoms with Gasteiger partial charge in [-0.1, -0.05) is 0 Å². The molecular formula is C21H17F10NO4S2. The van der Waals surface area contributed by atoms with Crippen molar-refractivity contribution in [2.75, 3.05) is 0 Å². The fourth-order valence-corrected chi connectivity index (χ4v) is 7.35. The third-order valence-corrected chi connectivity index (χ3v) is 10.0. The number of alkyl halides is 9. The summed E-state index contributed by atoms with van der Waals surface area (Å²) in [5, 5.41) is 0. The molecule has 0 atom stereocenters. The van der Waals surface area contributed by atoms with Crippen LogP contribution in [-0.4, -0.2) is 28.4 Å². The molecule has 212 valence electrons. The van der Waals surface area contributed by atoms with Crippen molar-refractivity contribution in [3.05, 3.63) is 65.0 Å². The SMILES string of the molecule is O=S(=O)(N[C@H]1CC[C@@](c2cc(F)ccc2C(F)(F)F)(S(=O)(=O)c2ccc(C(F)(F)F)cc2)CC1)C(F)(F)F. The highest BCUT2D eigenvalue weighted by molar-refractivity contribution is 7.92. The van der Waals surface area contributed by atoms with E-state index in [1.807, 2.05) is 0 Å². The molecule has 1 fully saturated rings. The zero-order valence-electron chi connectivity index (χ0n) is 18.7. The standard InChI is InChI=1S/C21H17F10NO4S2/c22-13-3-6-16(20(26,27)28)17(11-13)18(9-7-14(8-10-18)32-38(35,36)21(29,30)31)37(33,34)15-4-1-12(2-5-15)19(23,24)25/h1-6,11,14,32H,7-10H2/t14-,18+. The molecular weight excluding hydrogens is 584 g/mol. The number of benzene rings is 2. The average Bonchev–Trinajstić information content (AvgIpc) is 2.77. The van der Waals surface area contributed by atoms with Gasteiger partial charge in [-0.05, 0) is 73.7 Å². The van der Waals surface area contributed by atoms with Crippen LogP contribution in [0.1, 0.15) is 42.4 Å². The van der Waals surface area contributed by atoms with E-state index >= 15 is 0 Å².